The topological polar surface area (TPSA) is 24.7 Å². The largest absolute Gasteiger partial charge is 0.388 e. The zero-order valence-electron chi connectivity index (χ0n) is 17.6. The zero-order chi connectivity index (χ0) is 20.4. The summed E-state index contributed by atoms with van der Waals surface area (Å²) in [5.41, 5.74) is 3.02. The smallest absolute Gasteiger partial charge is 0.119 e. The van der Waals surface area contributed by atoms with E-state index in [1.54, 1.807) is 0 Å². The SMILES string of the molecule is C[C@@H]1[C@H](c2ccccc2)[NH+](C)[C@H](c2ccccc2)[C@H](C)C1(O)Cc1ccccc1. The molecule has 1 heterocycles. The zero-order valence-corrected chi connectivity index (χ0v) is 17.6. The second kappa shape index (κ2) is 8.14. The van der Waals surface area contributed by atoms with Crippen molar-refractivity contribution < 1.29 is 10.0 Å². The fourth-order valence-corrected chi connectivity index (χ4v) is 5.64. The first-order valence-electron chi connectivity index (χ1n) is 10.7. The highest BCUT2D eigenvalue weighted by atomic mass is 16.3. The third kappa shape index (κ3) is 3.63. The van der Waals surface area contributed by atoms with E-state index in [1.807, 2.05) is 6.07 Å². The second-order valence-corrected chi connectivity index (χ2v) is 8.75. The van der Waals surface area contributed by atoms with E-state index in [-0.39, 0.29) is 23.9 Å². The van der Waals surface area contributed by atoms with Crippen molar-refractivity contribution in [3.63, 3.8) is 0 Å². The van der Waals surface area contributed by atoms with E-state index in [2.05, 4.69) is 106 Å². The van der Waals surface area contributed by atoms with Crippen LogP contribution in [0.4, 0.5) is 0 Å². The highest BCUT2D eigenvalue weighted by molar-refractivity contribution is 5.26. The Morgan fingerprint density at radius 3 is 1.48 bits per heavy atom. The van der Waals surface area contributed by atoms with Crippen LogP contribution in [0.25, 0.3) is 0 Å². The molecule has 0 amide bonds. The molecule has 0 radical (unpaired) electrons. The predicted octanol–water partition coefficient (Wildman–Crippen LogP) is 4.24. The van der Waals surface area contributed by atoms with Gasteiger partial charge in [0.2, 0.25) is 0 Å². The van der Waals surface area contributed by atoms with Gasteiger partial charge in [0.25, 0.3) is 0 Å². The fraction of sp³-hybridized carbons (Fsp3) is 0.333. The van der Waals surface area contributed by atoms with Crippen molar-refractivity contribution in [1.29, 1.82) is 0 Å². The monoisotopic (exact) mass is 386 g/mol. The molecule has 2 nitrogen and oxygen atoms in total. The van der Waals surface area contributed by atoms with Crippen molar-refractivity contribution in [2.45, 2.75) is 38.0 Å². The molecule has 6 atom stereocenters. The third-order valence-corrected chi connectivity index (χ3v) is 7.21. The Hall–Kier alpha value is -2.42. The molecule has 0 aliphatic carbocycles. The quantitative estimate of drug-likeness (QED) is 0.689. The van der Waals surface area contributed by atoms with Gasteiger partial charge in [0.15, 0.2) is 0 Å². The maximum Gasteiger partial charge on any atom is 0.119 e. The van der Waals surface area contributed by atoms with E-state index in [0.717, 1.165) is 0 Å². The fourth-order valence-electron chi connectivity index (χ4n) is 5.64. The molecule has 0 aromatic heterocycles. The van der Waals surface area contributed by atoms with Gasteiger partial charge in [0.05, 0.1) is 12.6 Å². The molecule has 150 valence electrons. The molecule has 3 aromatic rings. The van der Waals surface area contributed by atoms with Gasteiger partial charge in [-0.05, 0) is 5.56 Å². The number of benzene rings is 3. The van der Waals surface area contributed by atoms with Crippen molar-refractivity contribution in [3.05, 3.63) is 108 Å². The van der Waals surface area contributed by atoms with E-state index in [9.17, 15) is 5.11 Å². The summed E-state index contributed by atoms with van der Waals surface area (Å²) in [7, 11) is 2.30. The van der Waals surface area contributed by atoms with Gasteiger partial charge in [-0.1, -0.05) is 105 Å². The van der Waals surface area contributed by atoms with Crippen LogP contribution in [0.1, 0.15) is 42.6 Å². The van der Waals surface area contributed by atoms with Gasteiger partial charge >= 0.3 is 0 Å². The minimum Gasteiger partial charge on any atom is -0.388 e. The predicted molar refractivity (Wildman–Crippen MR) is 119 cm³/mol. The van der Waals surface area contributed by atoms with Crippen molar-refractivity contribution in [3.8, 4) is 0 Å². The van der Waals surface area contributed by atoms with E-state index >= 15 is 0 Å². The molecule has 4 rings (SSSR count). The maximum absolute atomic E-state index is 12.2. The van der Waals surface area contributed by atoms with Gasteiger partial charge in [-0.15, -0.1) is 0 Å². The number of likely N-dealkylation sites (tertiary alicyclic amines) is 1. The lowest BCUT2D eigenvalue weighted by Crippen LogP contribution is -3.13. The summed E-state index contributed by atoms with van der Waals surface area (Å²) in [4.78, 5) is 1.46. The van der Waals surface area contributed by atoms with Gasteiger partial charge in [0.1, 0.15) is 12.1 Å². The molecule has 1 aliphatic heterocycles. The average Bonchev–Trinajstić information content (AvgIpc) is 2.75. The highest BCUT2D eigenvalue weighted by Gasteiger charge is 2.56. The van der Waals surface area contributed by atoms with Crippen LogP contribution in [0.5, 0.6) is 0 Å². The minimum atomic E-state index is -0.790. The molecule has 2 N–H and O–H groups in total. The second-order valence-electron chi connectivity index (χ2n) is 8.75. The molecule has 3 aromatic carbocycles. The number of hydrogen-bond acceptors (Lipinski definition) is 1. The Bertz CT molecular complexity index is 856. The maximum atomic E-state index is 12.2. The summed E-state index contributed by atoms with van der Waals surface area (Å²) in [5, 5.41) is 12.2. The number of rotatable bonds is 4. The van der Waals surface area contributed by atoms with Gasteiger partial charge < -0.3 is 10.0 Å². The van der Waals surface area contributed by atoms with Gasteiger partial charge in [0, 0.05) is 29.4 Å². The van der Waals surface area contributed by atoms with Crippen LogP contribution < -0.4 is 4.90 Å². The number of nitrogens with one attached hydrogen (secondary N) is 1. The molecule has 1 saturated heterocycles. The van der Waals surface area contributed by atoms with Crippen molar-refractivity contribution in [2.75, 3.05) is 7.05 Å². The van der Waals surface area contributed by atoms with Crippen molar-refractivity contribution >= 4 is 0 Å². The Morgan fingerprint density at radius 1 is 0.690 bits per heavy atom. The molecule has 2 heteroatoms. The Labute approximate surface area is 174 Å². The van der Waals surface area contributed by atoms with Crippen molar-refractivity contribution in [1.82, 2.24) is 0 Å². The number of aliphatic hydroxyl groups is 1. The van der Waals surface area contributed by atoms with E-state index in [4.69, 9.17) is 0 Å². The summed E-state index contributed by atoms with van der Waals surface area (Å²) in [6.45, 7) is 4.48. The molecule has 0 bridgehead atoms. The van der Waals surface area contributed by atoms with Gasteiger partial charge in [-0.25, -0.2) is 0 Å². The van der Waals surface area contributed by atoms with Crippen molar-refractivity contribution in [2.24, 2.45) is 11.8 Å². The summed E-state index contributed by atoms with van der Waals surface area (Å²) in [5.74, 6) is 0.250. The van der Waals surface area contributed by atoms with Crippen LogP contribution >= 0.6 is 0 Å². The number of hydrogen-bond donors (Lipinski definition) is 2. The Morgan fingerprint density at radius 2 is 1.07 bits per heavy atom. The van der Waals surface area contributed by atoms with Crippen LogP contribution in [-0.4, -0.2) is 17.8 Å². The molecule has 1 aliphatic rings. The Balaban J connectivity index is 1.81. The molecule has 0 saturated carbocycles. The first-order chi connectivity index (χ1) is 14.0. The van der Waals surface area contributed by atoms with Crippen LogP contribution in [-0.2, 0) is 6.42 Å². The third-order valence-electron chi connectivity index (χ3n) is 7.21. The summed E-state index contributed by atoms with van der Waals surface area (Å²) in [6, 6.07) is 32.3. The average molecular weight is 387 g/mol. The lowest BCUT2D eigenvalue weighted by Gasteiger charge is -2.53. The van der Waals surface area contributed by atoms with Crippen LogP contribution in [0.15, 0.2) is 91.0 Å². The van der Waals surface area contributed by atoms with Crippen LogP contribution in [0.2, 0.25) is 0 Å². The van der Waals surface area contributed by atoms with E-state index < -0.39 is 5.60 Å². The molecule has 0 spiro atoms. The lowest BCUT2D eigenvalue weighted by molar-refractivity contribution is -0.961. The van der Waals surface area contributed by atoms with Gasteiger partial charge in [-0.3, -0.25) is 0 Å². The number of piperidine rings is 1. The molecular weight excluding hydrogens is 354 g/mol. The minimum absolute atomic E-state index is 0.125. The highest BCUT2D eigenvalue weighted by Crippen LogP contribution is 2.45. The summed E-state index contributed by atoms with van der Waals surface area (Å²) in [6.07, 6.45) is 0.677. The Kier molecular flexibility index (Phi) is 5.58. The molecular formula is C27H32NO+. The molecule has 29 heavy (non-hydrogen) atoms. The first kappa shape index (κ1) is 19.9. The summed E-state index contributed by atoms with van der Waals surface area (Å²) < 4.78 is 0. The first-order valence-corrected chi connectivity index (χ1v) is 10.7. The van der Waals surface area contributed by atoms with E-state index in [1.165, 1.54) is 21.6 Å². The summed E-state index contributed by atoms with van der Waals surface area (Å²) >= 11 is 0. The van der Waals surface area contributed by atoms with Crippen LogP contribution in [0.3, 0.4) is 0 Å². The van der Waals surface area contributed by atoms with Crippen LogP contribution in [0, 0.1) is 11.8 Å². The molecule has 2 unspecified atom stereocenters. The lowest BCUT2D eigenvalue weighted by atomic mass is 9.63. The van der Waals surface area contributed by atoms with E-state index in [0.29, 0.717) is 6.42 Å². The molecule has 1 fully saturated rings. The number of quaternary nitrogens is 1. The normalized spacial score (nSPS) is 32.1. The standard InChI is InChI=1S/C27H31NO/c1-20-25(23-15-9-5-10-16-23)28(3)26(24-17-11-6-12-18-24)21(2)27(20,29)19-22-13-7-4-8-14-22/h4-18,20-21,25-26,29H,19H2,1-3H3/p+1/t20-,21+,25-,26+,27?. The van der Waals surface area contributed by atoms with Gasteiger partial charge in [-0.2, -0.15) is 0 Å².